The fourth-order valence-electron chi connectivity index (χ4n) is 2.98. The number of benzene rings is 1. The molecule has 2 N–H and O–H groups in total. The molecule has 0 saturated carbocycles. The SMILES string of the molecule is CCC1CC(N(CCCN)Cc2ccccc2)CCO1. The lowest BCUT2D eigenvalue weighted by Crippen LogP contribution is -2.42. The van der Waals surface area contributed by atoms with Crippen LogP contribution in [0.25, 0.3) is 0 Å². The molecule has 3 heteroatoms. The monoisotopic (exact) mass is 276 g/mol. The second-order valence-corrected chi connectivity index (χ2v) is 5.68. The molecule has 0 aromatic heterocycles. The molecule has 1 saturated heterocycles. The molecule has 0 amide bonds. The number of nitrogens with two attached hydrogens (primary N) is 1. The van der Waals surface area contributed by atoms with E-state index in [-0.39, 0.29) is 0 Å². The van der Waals surface area contributed by atoms with Crippen molar-refractivity contribution in [1.29, 1.82) is 0 Å². The van der Waals surface area contributed by atoms with Crippen LogP contribution in [0, 0.1) is 0 Å². The van der Waals surface area contributed by atoms with Gasteiger partial charge in [0.15, 0.2) is 0 Å². The second-order valence-electron chi connectivity index (χ2n) is 5.68. The lowest BCUT2D eigenvalue weighted by Gasteiger charge is -2.37. The predicted octanol–water partition coefficient (Wildman–Crippen LogP) is 2.80. The maximum atomic E-state index is 5.81. The molecule has 0 aliphatic carbocycles. The molecular weight excluding hydrogens is 248 g/mol. The summed E-state index contributed by atoms with van der Waals surface area (Å²) in [5.74, 6) is 0. The Morgan fingerprint density at radius 3 is 2.80 bits per heavy atom. The molecule has 0 radical (unpaired) electrons. The molecule has 1 aromatic carbocycles. The highest BCUT2D eigenvalue weighted by atomic mass is 16.5. The molecular formula is C17H28N2O. The van der Waals surface area contributed by atoms with Crippen LogP contribution in [0.5, 0.6) is 0 Å². The van der Waals surface area contributed by atoms with Gasteiger partial charge in [0.1, 0.15) is 0 Å². The van der Waals surface area contributed by atoms with Crippen LogP contribution in [0.2, 0.25) is 0 Å². The van der Waals surface area contributed by atoms with E-state index in [0.717, 1.165) is 51.9 Å². The minimum absolute atomic E-state index is 0.435. The number of hydrogen-bond acceptors (Lipinski definition) is 3. The van der Waals surface area contributed by atoms with Gasteiger partial charge < -0.3 is 10.5 Å². The Balaban J connectivity index is 1.98. The zero-order valence-electron chi connectivity index (χ0n) is 12.6. The smallest absolute Gasteiger partial charge is 0.0587 e. The molecule has 2 atom stereocenters. The first-order valence-electron chi connectivity index (χ1n) is 7.93. The Hall–Kier alpha value is -0.900. The molecule has 1 aliphatic heterocycles. The van der Waals surface area contributed by atoms with Gasteiger partial charge in [-0.15, -0.1) is 0 Å². The molecule has 1 aliphatic rings. The average molecular weight is 276 g/mol. The van der Waals surface area contributed by atoms with Crippen molar-refractivity contribution < 1.29 is 4.74 Å². The summed E-state index contributed by atoms with van der Waals surface area (Å²) in [6.45, 7) is 6.01. The van der Waals surface area contributed by atoms with Crippen molar-refractivity contribution in [3.63, 3.8) is 0 Å². The van der Waals surface area contributed by atoms with Gasteiger partial charge in [-0.2, -0.15) is 0 Å². The third-order valence-electron chi connectivity index (χ3n) is 4.19. The topological polar surface area (TPSA) is 38.5 Å². The van der Waals surface area contributed by atoms with Gasteiger partial charge in [-0.1, -0.05) is 37.3 Å². The van der Waals surface area contributed by atoms with Crippen molar-refractivity contribution in [3.05, 3.63) is 35.9 Å². The summed E-state index contributed by atoms with van der Waals surface area (Å²) in [5.41, 5.74) is 7.09. The van der Waals surface area contributed by atoms with Gasteiger partial charge in [-0.25, -0.2) is 0 Å². The zero-order chi connectivity index (χ0) is 14.2. The second kappa shape index (κ2) is 8.40. The maximum Gasteiger partial charge on any atom is 0.0587 e. The highest BCUT2D eigenvalue weighted by Crippen LogP contribution is 2.23. The molecule has 2 unspecified atom stereocenters. The van der Waals surface area contributed by atoms with Gasteiger partial charge in [0, 0.05) is 19.2 Å². The summed E-state index contributed by atoms with van der Waals surface area (Å²) < 4.78 is 5.81. The van der Waals surface area contributed by atoms with Gasteiger partial charge in [0.25, 0.3) is 0 Å². The van der Waals surface area contributed by atoms with Crippen molar-refractivity contribution in [1.82, 2.24) is 4.90 Å². The van der Waals surface area contributed by atoms with Crippen LogP contribution in [-0.2, 0) is 11.3 Å². The van der Waals surface area contributed by atoms with Crippen molar-refractivity contribution in [3.8, 4) is 0 Å². The quantitative estimate of drug-likeness (QED) is 0.832. The number of hydrogen-bond donors (Lipinski definition) is 1. The van der Waals surface area contributed by atoms with Crippen LogP contribution in [0.15, 0.2) is 30.3 Å². The first-order chi connectivity index (χ1) is 9.83. The van der Waals surface area contributed by atoms with Crippen molar-refractivity contribution in [2.75, 3.05) is 19.7 Å². The summed E-state index contributed by atoms with van der Waals surface area (Å²) in [4.78, 5) is 2.60. The van der Waals surface area contributed by atoms with Crippen LogP contribution < -0.4 is 5.73 Å². The van der Waals surface area contributed by atoms with Crippen LogP contribution in [0.3, 0.4) is 0 Å². The Morgan fingerprint density at radius 1 is 1.30 bits per heavy atom. The van der Waals surface area contributed by atoms with Crippen LogP contribution in [0.1, 0.15) is 38.2 Å². The van der Waals surface area contributed by atoms with Crippen LogP contribution in [0.4, 0.5) is 0 Å². The lowest BCUT2D eigenvalue weighted by molar-refractivity contribution is -0.0303. The fourth-order valence-corrected chi connectivity index (χ4v) is 2.98. The number of ether oxygens (including phenoxy) is 1. The Morgan fingerprint density at radius 2 is 2.10 bits per heavy atom. The molecule has 3 nitrogen and oxygen atoms in total. The molecule has 1 heterocycles. The van der Waals surface area contributed by atoms with Crippen LogP contribution in [-0.4, -0.2) is 36.7 Å². The van der Waals surface area contributed by atoms with Gasteiger partial charge in [-0.05, 0) is 44.3 Å². The summed E-state index contributed by atoms with van der Waals surface area (Å²) in [6.07, 6.45) is 4.93. The summed E-state index contributed by atoms with van der Waals surface area (Å²) in [6, 6.07) is 11.4. The first kappa shape index (κ1) is 15.5. The Bertz CT molecular complexity index is 369. The van der Waals surface area contributed by atoms with Crippen molar-refractivity contribution >= 4 is 0 Å². The van der Waals surface area contributed by atoms with E-state index in [2.05, 4.69) is 42.2 Å². The van der Waals surface area contributed by atoms with Crippen LogP contribution >= 0.6 is 0 Å². The van der Waals surface area contributed by atoms with E-state index in [1.165, 1.54) is 5.56 Å². The molecule has 0 spiro atoms. The summed E-state index contributed by atoms with van der Waals surface area (Å²) in [7, 11) is 0. The van der Waals surface area contributed by atoms with E-state index in [1.54, 1.807) is 0 Å². The van der Waals surface area contributed by atoms with E-state index < -0.39 is 0 Å². The van der Waals surface area contributed by atoms with E-state index >= 15 is 0 Å². The molecule has 112 valence electrons. The van der Waals surface area contributed by atoms with Gasteiger partial charge in [-0.3, -0.25) is 4.90 Å². The van der Waals surface area contributed by atoms with Gasteiger partial charge in [0.05, 0.1) is 6.10 Å². The molecule has 20 heavy (non-hydrogen) atoms. The highest BCUT2D eigenvalue weighted by molar-refractivity contribution is 5.14. The van der Waals surface area contributed by atoms with Gasteiger partial charge >= 0.3 is 0 Å². The normalized spacial score (nSPS) is 23.1. The Kier molecular flexibility index (Phi) is 6.51. The zero-order valence-corrected chi connectivity index (χ0v) is 12.6. The standard InChI is InChI=1S/C17H28N2O/c1-2-17-13-16(9-12-20-17)19(11-6-10-18)14-15-7-4-3-5-8-15/h3-5,7-8,16-17H,2,6,9-14,18H2,1H3. The third kappa shape index (κ3) is 4.58. The minimum Gasteiger partial charge on any atom is -0.378 e. The van der Waals surface area contributed by atoms with E-state index in [9.17, 15) is 0 Å². The number of rotatable bonds is 7. The Labute approximate surface area is 123 Å². The largest absolute Gasteiger partial charge is 0.378 e. The highest BCUT2D eigenvalue weighted by Gasteiger charge is 2.26. The van der Waals surface area contributed by atoms with E-state index in [1.807, 2.05) is 0 Å². The third-order valence-corrected chi connectivity index (χ3v) is 4.19. The van der Waals surface area contributed by atoms with E-state index in [0.29, 0.717) is 12.1 Å². The van der Waals surface area contributed by atoms with E-state index in [4.69, 9.17) is 10.5 Å². The molecule has 2 rings (SSSR count). The average Bonchev–Trinajstić information content (AvgIpc) is 2.52. The first-order valence-corrected chi connectivity index (χ1v) is 7.93. The lowest BCUT2D eigenvalue weighted by atomic mass is 9.99. The maximum absolute atomic E-state index is 5.81. The summed E-state index contributed by atoms with van der Waals surface area (Å²) in [5, 5.41) is 0. The number of nitrogens with zero attached hydrogens (tertiary/aromatic N) is 1. The molecule has 1 fully saturated rings. The van der Waals surface area contributed by atoms with Crippen molar-refractivity contribution in [2.45, 2.75) is 51.3 Å². The molecule has 0 bridgehead atoms. The van der Waals surface area contributed by atoms with Crippen molar-refractivity contribution in [2.24, 2.45) is 5.73 Å². The van der Waals surface area contributed by atoms with Gasteiger partial charge in [0.2, 0.25) is 0 Å². The fraction of sp³-hybridized carbons (Fsp3) is 0.647. The predicted molar refractivity (Wildman–Crippen MR) is 83.6 cm³/mol. The molecule has 1 aromatic rings. The summed E-state index contributed by atoms with van der Waals surface area (Å²) >= 11 is 0. The minimum atomic E-state index is 0.435.